The van der Waals surface area contributed by atoms with Gasteiger partial charge in [-0.15, -0.1) is 0 Å². The van der Waals surface area contributed by atoms with E-state index in [1.165, 1.54) is 6.33 Å². The molecule has 1 N–H and O–H groups in total. The van der Waals surface area contributed by atoms with Crippen LogP contribution >= 0.6 is 0 Å². The van der Waals surface area contributed by atoms with Crippen LogP contribution in [0.1, 0.15) is 19.4 Å². The molecule has 0 radical (unpaired) electrons. The number of nitrogens with zero attached hydrogens (tertiary/aromatic N) is 4. The van der Waals surface area contributed by atoms with E-state index in [9.17, 15) is 4.79 Å². The highest BCUT2D eigenvalue weighted by atomic mass is 16.5. The zero-order valence-electron chi connectivity index (χ0n) is 15.0. The van der Waals surface area contributed by atoms with Crippen molar-refractivity contribution in [3.8, 4) is 5.75 Å². The summed E-state index contributed by atoms with van der Waals surface area (Å²) in [7, 11) is 0. The second kappa shape index (κ2) is 7.55. The second-order valence-corrected chi connectivity index (χ2v) is 6.72. The van der Waals surface area contributed by atoms with Crippen molar-refractivity contribution in [3.05, 3.63) is 36.2 Å². The van der Waals surface area contributed by atoms with Gasteiger partial charge >= 0.3 is 0 Å². The Morgan fingerprint density at radius 2 is 2.00 bits per heavy atom. The van der Waals surface area contributed by atoms with Crippen LogP contribution in [0.25, 0.3) is 0 Å². The summed E-state index contributed by atoms with van der Waals surface area (Å²) in [5, 5.41) is 6.75. The van der Waals surface area contributed by atoms with Crippen LogP contribution in [0.5, 0.6) is 5.75 Å². The van der Waals surface area contributed by atoms with Crippen LogP contribution in [0.3, 0.4) is 0 Å². The third-order valence-corrected chi connectivity index (χ3v) is 4.39. The van der Waals surface area contributed by atoms with Crippen LogP contribution in [-0.4, -0.2) is 58.3 Å². The minimum absolute atomic E-state index is 0.0497. The van der Waals surface area contributed by atoms with E-state index in [2.05, 4.69) is 20.1 Å². The number of anilines is 1. The van der Waals surface area contributed by atoms with E-state index in [0.29, 0.717) is 13.1 Å². The summed E-state index contributed by atoms with van der Waals surface area (Å²) >= 11 is 0. The number of hydrogen-bond acceptors (Lipinski definition) is 5. The van der Waals surface area contributed by atoms with Gasteiger partial charge in [0.25, 0.3) is 5.91 Å². The van der Waals surface area contributed by atoms with Crippen LogP contribution in [0, 0.1) is 12.8 Å². The summed E-state index contributed by atoms with van der Waals surface area (Å²) in [6, 6.07) is 7.83. The molecule has 1 aliphatic heterocycles. The molecule has 0 unspecified atom stereocenters. The number of aromatic amines is 1. The zero-order chi connectivity index (χ0) is 17.8. The van der Waals surface area contributed by atoms with Gasteiger partial charge in [-0.25, -0.2) is 5.10 Å². The molecule has 1 fully saturated rings. The van der Waals surface area contributed by atoms with Gasteiger partial charge in [0.2, 0.25) is 5.95 Å². The molecule has 1 atom stereocenters. The highest BCUT2D eigenvalue weighted by Crippen LogP contribution is 2.20. The van der Waals surface area contributed by atoms with Crippen molar-refractivity contribution in [2.24, 2.45) is 5.92 Å². The number of hydrogen-bond donors (Lipinski definition) is 1. The first-order chi connectivity index (χ1) is 12.0. The van der Waals surface area contributed by atoms with Gasteiger partial charge in [-0.3, -0.25) is 4.79 Å². The Morgan fingerprint density at radius 1 is 1.24 bits per heavy atom. The standard InChI is InChI=1S/C18H25N5O2/c1-13(2)16(25-15-6-4-5-14(3)11-15)17(24)22-7-9-23(10-8-22)18-19-12-20-21-18/h4-6,11-13,16H,7-10H2,1-3H3,(H,19,20,21)/t16-/m1/s1. The van der Waals surface area contributed by atoms with Gasteiger partial charge < -0.3 is 14.5 Å². The average molecular weight is 343 g/mol. The number of H-pyrrole nitrogens is 1. The number of carbonyl (C=O) groups excluding carboxylic acids is 1. The Hall–Kier alpha value is -2.57. The van der Waals surface area contributed by atoms with E-state index >= 15 is 0 Å². The van der Waals surface area contributed by atoms with Crippen molar-refractivity contribution in [1.29, 1.82) is 0 Å². The van der Waals surface area contributed by atoms with Gasteiger partial charge in [0.1, 0.15) is 12.1 Å². The van der Waals surface area contributed by atoms with Crippen molar-refractivity contribution >= 4 is 11.9 Å². The molecule has 0 spiro atoms. The van der Waals surface area contributed by atoms with Gasteiger partial charge in [-0.1, -0.05) is 26.0 Å². The molecule has 1 saturated heterocycles. The number of benzene rings is 1. The topological polar surface area (TPSA) is 74.3 Å². The summed E-state index contributed by atoms with van der Waals surface area (Å²) in [4.78, 5) is 21.1. The molecule has 1 aliphatic rings. The highest BCUT2D eigenvalue weighted by molar-refractivity contribution is 5.82. The molecule has 0 bridgehead atoms. The molecule has 134 valence electrons. The van der Waals surface area contributed by atoms with Crippen molar-refractivity contribution < 1.29 is 9.53 Å². The summed E-state index contributed by atoms with van der Waals surface area (Å²) in [6.07, 6.45) is 1.02. The van der Waals surface area contributed by atoms with Crippen LogP contribution in [0.15, 0.2) is 30.6 Å². The van der Waals surface area contributed by atoms with E-state index in [1.807, 2.05) is 49.9 Å². The van der Waals surface area contributed by atoms with E-state index in [-0.39, 0.29) is 11.8 Å². The number of nitrogens with one attached hydrogen (secondary N) is 1. The molecule has 25 heavy (non-hydrogen) atoms. The molecular formula is C18H25N5O2. The number of piperazine rings is 1. The molecule has 1 amide bonds. The van der Waals surface area contributed by atoms with Crippen molar-refractivity contribution in [1.82, 2.24) is 20.1 Å². The molecule has 0 saturated carbocycles. The van der Waals surface area contributed by atoms with Crippen LogP contribution in [-0.2, 0) is 4.79 Å². The van der Waals surface area contributed by atoms with Crippen molar-refractivity contribution in [3.63, 3.8) is 0 Å². The normalized spacial score (nSPS) is 16.2. The van der Waals surface area contributed by atoms with Gasteiger partial charge in [0, 0.05) is 26.2 Å². The van der Waals surface area contributed by atoms with Gasteiger partial charge in [0.15, 0.2) is 6.10 Å². The molecule has 0 aliphatic carbocycles. The SMILES string of the molecule is Cc1cccc(O[C@@H](C(=O)N2CCN(c3ncn[nH]3)CC2)C(C)C)c1. The Morgan fingerprint density at radius 3 is 2.60 bits per heavy atom. The number of aryl methyl sites for hydroxylation is 1. The first kappa shape index (κ1) is 17.3. The number of carbonyl (C=O) groups is 1. The predicted molar refractivity (Wildman–Crippen MR) is 95.6 cm³/mol. The molecule has 2 heterocycles. The minimum atomic E-state index is -0.473. The van der Waals surface area contributed by atoms with Crippen molar-refractivity contribution in [2.75, 3.05) is 31.1 Å². The number of ether oxygens (including phenoxy) is 1. The Labute approximate surface area is 148 Å². The zero-order valence-corrected chi connectivity index (χ0v) is 15.0. The molecular weight excluding hydrogens is 318 g/mol. The fourth-order valence-corrected chi connectivity index (χ4v) is 2.98. The van der Waals surface area contributed by atoms with Crippen LogP contribution in [0.4, 0.5) is 5.95 Å². The van der Waals surface area contributed by atoms with E-state index in [0.717, 1.165) is 30.4 Å². The van der Waals surface area contributed by atoms with Crippen LogP contribution in [0.2, 0.25) is 0 Å². The summed E-state index contributed by atoms with van der Waals surface area (Å²) < 4.78 is 6.04. The van der Waals surface area contributed by atoms with Gasteiger partial charge in [0.05, 0.1) is 0 Å². The van der Waals surface area contributed by atoms with E-state index < -0.39 is 6.10 Å². The monoisotopic (exact) mass is 343 g/mol. The number of amides is 1. The predicted octanol–water partition coefficient (Wildman–Crippen LogP) is 1.87. The second-order valence-electron chi connectivity index (χ2n) is 6.72. The molecule has 3 rings (SSSR count). The molecule has 1 aromatic heterocycles. The highest BCUT2D eigenvalue weighted by Gasteiger charge is 2.31. The average Bonchev–Trinajstić information content (AvgIpc) is 3.14. The minimum Gasteiger partial charge on any atom is -0.480 e. The lowest BCUT2D eigenvalue weighted by atomic mass is 10.1. The fraction of sp³-hybridized carbons (Fsp3) is 0.500. The Bertz CT molecular complexity index is 693. The molecule has 7 heteroatoms. The summed E-state index contributed by atoms with van der Waals surface area (Å²) in [5.74, 6) is 1.64. The van der Waals surface area contributed by atoms with Crippen LogP contribution < -0.4 is 9.64 Å². The summed E-state index contributed by atoms with van der Waals surface area (Å²) in [5.41, 5.74) is 1.12. The van der Waals surface area contributed by atoms with E-state index in [4.69, 9.17) is 4.74 Å². The smallest absolute Gasteiger partial charge is 0.264 e. The molecule has 2 aromatic rings. The number of aromatic nitrogens is 3. The first-order valence-electron chi connectivity index (χ1n) is 8.67. The Balaban J connectivity index is 1.63. The largest absolute Gasteiger partial charge is 0.480 e. The molecule has 1 aromatic carbocycles. The Kier molecular flexibility index (Phi) is 5.21. The maximum atomic E-state index is 13.0. The van der Waals surface area contributed by atoms with Gasteiger partial charge in [-0.2, -0.15) is 10.1 Å². The maximum Gasteiger partial charge on any atom is 0.264 e. The summed E-state index contributed by atoms with van der Waals surface area (Å²) in [6.45, 7) is 8.82. The third kappa shape index (κ3) is 4.10. The maximum absolute atomic E-state index is 13.0. The lowest BCUT2D eigenvalue weighted by Crippen LogP contribution is -2.53. The quantitative estimate of drug-likeness (QED) is 0.897. The fourth-order valence-electron chi connectivity index (χ4n) is 2.98. The van der Waals surface area contributed by atoms with Gasteiger partial charge in [-0.05, 0) is 30.5 Å². The lowest BCUT2D eigenvalue weighted by Gasteiger charge is -2.36. The number of rotatable bonds is 5. The van der Waals surface area contributed by atoms with Crippen molar-refractivity contribution in [2.45, 2.75) is 26.9 Å². The third-order valence-electron chi connectivity index (χ3n) is 4.39. The lowest BCUT2D eigenvalue weighted by molar-refractivity contribution is -0.141. The molecule has 7 nitrogen and oxygen atoms in total. The first-order valence-corrected chi connectivity index (χ1v) is 8.67. The van der Waals surface area contributed by atoms with E-state index in [1.54, 1.807) is 0 Å².